The summed E-state index contributed by atoms with van der Waals surface area (Å²) in [6, 6.07) is 14.9. The van der Waals surface area contributed by atoms with Crippen LogP contribution in [0.5, 0.6) is 11.5 Å². The zero-order chi connectivity index (χ0) is 26.1. The summed E-state index contributed by atoms with van der Waals surface area (Å²) < 4.78 is 25.2. The Bertz CT molecular complexity index is 1380. The predicted octanol–water partition coefficient (Wildman–Crippen LogP) is 5.90. The molecule has 1 aliphatic rings. The van der Waals surface area contributed by atoms with Gasteiger partial charge in [0.2, 0.25) is 0 Å². The van der Waals surface area contributed by atoms with Crippen LogP contribution < -0.4 is 14.4 Å². The molecule has 0 aliphatic carbocycles. The molecular weight excluding hydrogens is 461 g/mol. The first-order chi connectivity index (χ1) is 17.2. The number of rotatable bonds is 6. The van der Waals surface area contributed by atoms with Crippen LogP contribution in [0.1, 0.15) is 48.1 Å². The van der Waals surface area contributed by atoms with Gasteiger partial charge in [-0.15, -0.1) is 0 Å². The Hall–Kier alpha value is -4.13. The maximum absolute atomic E-state index is 14.2. The van der Waals surface area contributed by atoms with Gasteiger partial charge in [-0.2, -0.15) is 0 Å². The maximum Gasteiger partial charge on any atom is 0.300 e. The van der Waals surface area contributed by atoms with Crippen molar-refractivity contribution in [3.63, 3.8) is 0 Å². The molecule has 0 bridgehead atoms. The molecule has 0 spiro atoms. The first-order valence-corrected chi connectivity index (χ1v) is 11.6. The molecule has 3 aromatic rings. The quantitative estimate of drug-likeness (QED) is 0.265. The van der Waals surface area contributed by atoms with Gasteiger partial charge in [0.15, 0.2) is 0 Å². The summed E-state index contributed by atoms with van der Waals surface area (Å²) >= 11 is 0. The number of anilines is 1. The molecule has 1 fully saturated rings. The average molecular weight is 490 g/mol. The van der Waals surface area contributed by atoms with Crippen molar-refractivity contribution in [2.75, 3.05) is 19.1 Å². The van der Waals surface area contributed by atoms with Crippen LogP contribution in [-0.2, 0) is 9.59 Å². The minimum Gasteiger partial charge on any atom is -0.507 e. The summed E-state index contributed by atoms with van der Waals surface area (Å²) in [4.78, 5) is 28.0. The molecule has 0 aromatic heterocycles. The first-order valence-electron chi connectivity index (χ1n) is 11.6. The average Bonchev–Trinajstić information content (AvgIpc) is 3.13. The SMILES string of the molecule is COc1cc(C)c(/C(O)=C2\C(=O)C(=O)N(c3cccc(F)c3)C2c2ccccc2OC)cc1C(C)C. The molecule has 6 nitrogen and oxygen atoms in total. The van der Waals surface area contributed by atoms with Crippen LogP contribution in [0.4, 0.5) is 10.1 Å². The molecule has 1 atom stereocenters. The molecule has 0 saturated carbocycles. The number of carbonyl (C=O) groups excluding carboxylic acids is 2. The number of benzene rings is 3. The molecule has 1 unspecified atom stereocenters. The zero-order valence-electron chi connectivity index (χ0n) is 20.8. The highest BCUT2D eigenvalue weighted by Gasteiger charge is 2.48. The van der Waals surface area contributed by atoms with E-state index in [0.717, 1.165) is 5.56 Å². The number of methoxy groups -OCH3 is 2. The van der Waals surface area contributed by atoms with E-state index in [1.165, 1.54) is 30.2 Å². The minimum atomic E-state index is -1.04. The number of hydrogen-bond acceptors (Lipinski definition) is 5. The summed E-state index contributed by atoms with van der Waals surface area (Å²) in [5, 5.41) is 11.6. The van der Waals surface area contributed by atoms with Gasteiger partial charge < -0.3 is 14.6 Å². The number of amides is 1. The van der Waals surface area contributed by atoms with E-state index >= 15 is 0 Å². The second-order valence-electron chi connectivity index (χ2n) is 8.95. The third-order valence-electron chi connectivity index (χ3n) is 6.42. The largest absolute Gasteiger partial charge is 0.507 e. The van der Waals surface area contributed by atoms with Crippen LogP contribution in [0.3, 0.4) is 0 Å². The van der Waals surface area contributed by atoms with Crippen LogP contribution in [0.25, 0.3) is 5.76 Å². The number of aryl methyl sites for hydroxylation is 1. The van der Waals surface area contributed by atoms with Gasteiger partial charge in [-0.1, -0.05) is 38.1 Å². The standard InChI is InChI=1S/C29H28FNO5/c1-16(2)21-15-22(17(3)13-24(21)36-5)27(32)25-26(20-11-6-7-12-23(20)35-4)31(29(34)28(25)33)19-10-8-9-18(30)14-19/h6-16,26,32H,1-5H3/b27-25+. The smallest absolute Gasteiger partial charge is 0.300 e. The van der Waals surface area contributed by atoms with E-state index in [9.17, 15) is 19.1 Å². The van der Waals surface area contributed by atoms with Gasteiger partial charge in [-0.3, -0.25) is 14.5 Å². The Labute approximate surface area is 209 Å². The van der Waals surface area contributed by atoms with Gasteiger partial charge in [-0.05, 0) is 60.4 Å². The lowest BCUT2D eigenvalue weighted by atomic mass is 9.90. The molecule has 1 saturated heterocycles. The molecule has 36 heavy (non-hydrogen) atoms. The summed E-state index contributed by atoms with van der Waals surface area (Å²) in [5.41, 5.74) is 2.51. The van der Waals surface area contributed by atoms with Gasteiger partial charge in [0.25, 0.3) is 11.7 Å². The monoisotopic (exact) mass is 489 g/mol. The van der Waals surface area contributed by atoms with Crippen LogP contribution >= 0.6 is 0 Å². The molecule has 1 aliphatic heterocycles. The molecule has 1 N–H and O–H groups in total. The van der Waals surface area contributed by atoms with Gasteiger partial charge in [0.05, 0.1) is 25.8 Å². The van der Waals surface area contributed by atoms with Gasteiger partial charge in [0.1, 0.15) is 23.1 Å². The number of aliphatic hydroxyl groups excluding tert-OH is 1. The van der Waals surface area contributed by atoms with Crippen LogP contribution in [0.2, 0.25) is 0 Å². The third kappa shape index (κ3) is 4.21. The number of halogens is 1. The lowest BCUT2D eigenvalue weighted by molar-refractivity contribution is -0.132. The normalized spacial score (nSPS) is 17.1. The van der Waals surface area contributed by atoms with E-state index in [4.69, 9.17) is 9.47 Å². The Balaban J connectivity index is 2.03. The topological polar surface area (TPSA) is 76.1 Å². The van der Waals surface area contributed by atoms with E-state index in [1.54, 1.807) is 56.5 Å². The fraction of sp³-hybridized carbons (Fsp3) is 0.241. The minimum absolute atomic E-state index is 0.0758. The van der Waals surface area contributed by atoms with Crippen LogP contribution in [-0.4, -0.2) is 31.0 Å². The fourth-order valence-corrected chi connectivity index (χ4v) is 4.64. The van der Waals surface area contributed by atoms with Crippen molar-refractivity contribution < 1.29 is 28.6 Å². The number of nitrogens with zero attached hydrogens (tertiary/aromatic N) is 1. The molecule has 0 radical (unpaired) electrons. The predicted molar refractivity (Wildman–Crippen MR) is 136 cm³/mol. The van der Waals surface area contributed by atoms with Crippen molar-refractivity contribution >= 4 is 23.1 Å². The first kappa shape index (κ1) is 25.0. The number of Topliss-reactive ketones (excluding diaryl/α,β-unsaturated/α-hetero) is 1. The maximum atomic E-state index is 14.2. The Morgan fingerprint density at radius 2 is 1.67 bits per heavy atom. The molecule has 4 rings (SSSR count). The highest BCUT2D eigenvalue weighted by molar-refractivity contribution is 6.51. The van der Waals surface area contributed by atoms with Gasteiger partial charge in [0, 0.05) is 16.8 Å². The molecule has 1 heterocycles. The molecule has 7 heteroatoms. The number of hydrogen-bond donors (Lipinski definition) is 1. The lowest BCUT2D eigenvalue weighted by Gasteiger charge is -2.27. The number of carbonyl (C=O) groups is 2. The van der Waals surface area contributed by atoms with Crippen molar-refractivity contribution in [3.05, 3.63) is 94.3 Å². The molecular formula is C29H28FNO5. The Morgan fingerprint density at radius 3 is 2.31 bits per heavy atom. The van der Waals surface area contributed by atoms with Crippen molar-refractivity contribution in [1.82, 2.24) is 0 Å². The fourth-order valence-electron chi connectivity index (χ4n) is 4.64. The second kappa shape index (κ2) is 9.85. The van der Waals surface area contributed by atoms with E-state index in [-0.39, 0.29) is 22.9 Å². The van der Waals surface area contributed by atoms with Gasteiger partial charge >= 0.3 is 0 Å². The third-order valence-corrected chi connectivity index (χ3v) is 6.42. The van der Waals surface area contributed by atoms with Crippen molar-refractivity contribution in [2.24, 2.45) is 0 Å². The van der Waals surface area contributed by atoms with E-state index in [1.807, 2.05) is 13.8 Å². The lowest BCUT2D eigenvalue weighted by Crippen LogP contribution is -2.29. The van der Waals surface area contributed by atoms with E-state index in [2.05, 4.69) is 0 Å². The molecule has 1 amide bonds. The number of para-hydroxylation sites is 1. The summed E-state index contributed by atoms with van der Waals surface area (Å²) in [6.45, 7) is 5.78. The number of ether oxygens (including phenoxy) is 2. The van der Waals surface area contributed by atoms with Crippen molar-refractivity contribution in [2.45, 2.75) is 32.7 Å². The number of ketones is 1. The van der Waals surface area contributed by atoms with Crippen LogP contribution in [0, 0.1) is 12.7 Å². The van der Waals surface area contributed by atoms with E-state index in [0.29, 0.717) is 28.2 Å². The zero-order valence-corrected chi connectivity index (χ0v) is 20.8. The molecule has 186 valence electrons. The van der Waals surface area contributed by atoms with E-state index < -0.39 is 23.5 Å². The summed E-state index contributed by atoms with van der Waals surface area (Å²) in [7, 11) is 3.06. The second-order valence-corrected chi connectivity index (χ2v) is 8.95. The summed E-state index contributed by atoms with van der Waals surface area (Å²) in [5.74, 6) is -1.44. The highest BCUT2D eigenvalue weighted by atomic mass is 19.1. The van der Waals surface area contributed by atoms with Crippen molar-refractivity contribution in [3.8, 4) is 11.5 Å². The van der Waals surface area contributed by atoms with Crippen LogP contribution in [0.15, 0.2) is 66.2 Å². The highest BCUT2D eigenvalue weighted by Crippen LogP contribution is 2.45. The van der Waals surface area contributed by atoms with Crippen molar-refractivity contribution in [1.29, 1.82) is 0 Å². The number of aliphatic hydroxyl groups is 1. The Morgan fingerprint density at radius 1 is 0.972 bits per heavy atom. The summed E-state index contributed by atoms with van der Waals surface area (Å²) in [6.07, 6.45) is 0. The Kier molecular flexibility index (Phi) is 6.84. The van der Waals surface area contributed by atoms with Gasteiger partial charge in [-0.25, -0.2) is 4.39 Å². The molecule has 3 aromatic carbocycles.